The van der Waals surface area contributed by atoms with Gasteiger partial charge in [-0.05, 0) is 23.3 Å². The van der Waals surface area contributed by atoms with Crippen LogP contribution in [0.4, 0.5) is 4.39 Å². The van der Waals surface area contributed by atoms with Crippen molar-refractivity contribution in [3.63, 3.8) is 0 Å². The average Bonchev–Trinajstić information content (AvgIpc) is 2.30. The van der Waals surface area contributed by atoms with Gasteiger partial charge in [0.15, 0.2) is 11.6 Å². The minimum absolute atomic E-state index is 0.0263. The van der Waals surface area contributed by atoms with Crippen LogP contribution in [0.15, 0.2) is 12.1 Å². The van der Waals surface area contributed by atoms with Crippen molar-refractivity contribution in [3.05, 3.63) is 29.1 Å². The molecule has 1 unspecified atom stereocenters. The van der Waals surface area contributed by atoms with Gasteiger partial charge in [0.05, 0.1) is 13.7 Å². The van der Waals surface area contributed by atoms with Gasteiger partial charge in [0.1, 0.15) is 6.04 Å². The van der Waals surface area contributed by atoms with Crippen LogP contribution in [0, 0.1) is 5.82 Å². The molecule has 0 saturated heterocycles. The van der Waals surface area contributed by atoms with Gasteiger partial charge in [-0.1, -0.05) is 0 Å². The quantitative estimate of drug-likeness (QED) is 0.808. The van der Waals surface area contributed by atoms with E-state index >= 15 is 0 Å². The average molecular weight is 243 g/mol. The maximum Gasteiger partial charge on any atom is 0.325 e. The molecule has 1 aromatic rings. The summed E-state index contributed by atoms with van der Waals surface area (Å²) < 4.78 is 23.2. The molecule has 0 saturated carbocycles. The van der Waals surface area contributed by atoms with Crippen LogP contribution in [-0.2, 0) is 16.1 Å². The van der Waals surface area contributed by atoms with Crippen LogP contribution in [0.25, 0.3) is 0 Å². The van der Waals surface area contributed by atoms with E-state index < -0.39 is 17.8 Å². The molecule has 5 nitrogen and oxygen atoms in total. The minimum Gasteiger partial charge on any atom is -0.494 e. The molecule has 0 aromatic heterocycles. The predicted molar refractivity (Wildman–Crippen MR) is 58.2 cm³/mol. The number of rotatable bonds is 5. The number of methoxy groups -OCH3 is 2. The Morgan fingerprint density at radius 3 is 2.65 bits per heavy atom. The summed E-state index contributed by atoms with van der Waals surface area (Å²) in [6, 6.07) is 1.16. The normalized spacial score (nSPS) is 12.2. The number of nitrogens with two attached hydrogens (primary N) is 1. The Bertz CT molecular complexity index is 422. The van der Waals surface area contributed by atoms with E-state index in [1.165, 1.54) is 20.3 Å². The first-order chi connectivity index (χ1) is 8.01. The van der Waals surface area contributed by atoms with Crippen molar-refractivity contribution >= 4 is 5.97 Å². The first kappa shape index (κ1) is 13.4. The second kappa shape index (κ2) is 5.60. The Morgan fingerprint density at radius 2 is 2.18 bits per heavy atom. The van der Waals surface area contributed by atoms with E-state index in [-0.39, 0.29) is 17.9 Å². The maximum atomic E-state index is 13.5. The second-order valence-electron chi connectivity index (χ2n) is 3.43. The summed E-state index contributed by atoms with van der Waals surface area (Å²) in [7, 11) is 2.78. The second-order valence-corrected chi connectivity index (χ2v) is 3.43. The van der Waals surface area contributed by atoms with Crippen molar-refractivity contribution < 1.29 is 23.8 Å². The Balaban J connectivity index is 3.26. The summed E-state index contributed by atoms with van der Waals surface area (Å²) >= 11 is 0. The van der Waals surface area contributed by atoms with Crippen LogP contribution in [-0.4, -0.2) is 25.3 Å². The Kier molecular flexibility index (Phi) is 4.42. The molecular formula is C11H14FNO4. The molecule has 1 atom stereocenters. The lowest BCUT2D eigenvalue weighted by molar-refractivity contribution is -0.138. The fourth-order valence-corrected chi connectivity index (χ4v) is 1.47. The van der Waals surface area contributed by atoms with Gasteiger partial charge >= 0.3 is 5.97 Å². The van der Waals surface area contributed by atoms with E-state index in [0.29, 0.717) is 5.56 Å². The smallest absolute Gasteiger partial charge is 0.325 e. The lowest BCUT2D eigenvalue weighted by atomic mass is 10.0. The highest BCUT2D eigenvalue weighted by atomic mass is 19.1. The van der Waals surface area contributed by atoms with Crippen LogP contribution in [0.5, 0.6) is 5.75 Å². The van der Waals surface area contributed by atoms with Gasteiger partial charge < -0.3 is 20.3 Å². The molecule has 17 heavy (non-hydrogen) atoms. The van der Waals surface area contributed by atoms with Crippen molar-refractivity contribution in [2.24, 2.45) is 5.73 Å². The summed E-state index contributed by atoms with van der Waals surface area (Å²) in [5, 5.41) is 8.83. The molecule has 0 spiro atoms. The molecule has 1 rings (SSSR count). The lowest BCUT2D eigenvalue weighted by Gasteiger charge is -2.14. The zero-order valence-electron chi connectivity index (χ0n) is 9.57. The van der Waals surface area contributed by atoms with Gasteiger partial charge in [-0.15, -0.1) is 0 Å². The van der Waals surface area contributed by atoms with Gasteiger partial charge in [-0.25, -0.2) is 4.39 Å². The van der Waals surface area contributed by atoms with Crippen LogP contribution < -0.4 is 10.5 Å². The highest BCUT2D eigenvalue weighted by Gasteiger charge is 2.20. The number of hydrogen-bond acceptors (Lipinski definition) is 4. The topological polar surface area (TPSA) is 81.8 Å². The molecule has 0 fully saturated rings. The Labute approximate surface area is 97.9 Å². The monoisotopic (exact) mass is 243 g/mol. The number of ether oxygens (including phenoxy) is 2. The van der Waals surface area contributed by atoms with E-state index in [4.69, 9.17) is 20.3 Å². The first-order valence-corrected chi connectivity index (χ1v) is 4.84. The van der Waals surface area contributed by atoms with Gasteiger partial charge in [-0.2, -0.15) is 0 Å². The fourth-order valence-electron chi connectivity index (χ4n) is 1.47. The van der Waals surface area contributed by atoms with E-state index in [9.17, 15) is 9.18 Å². The van der Waals surface area contributed by atoms with Crippen molar-refractivity contribution in [2.75, 3.05) is 14.2 Å². The Morgan fingerprint density at radius 1 is 1.53 bits per heavy atom. The number of carbonyl (C=O) groups is 1. The standard InChI is InChI=1S/C11H14FNO4/c1-16-5-6-3-9(17-2)8(12)4-7(6)10(13)11(14)15/h3-4,10H,5,13H2,1-2H3,(H,14,15). The zero-order chi connectivity index (χ0) is 13.0. The maximum absolute atomic E-state index is 13.5. The summed E-state index contributed by atoms with van der Waals surface area (Å²) in [5.41, 5.74) is 6.13. The summed E-state index contributed by atoms with van der Waals surface area (Å²) in [4.78, 5) is 10.8. The highest BCUT2D eigenvalue weighted by Crippen LogP contribution is 2.26. The SMILES string of the molecule is COCc1cc(OC)c(F)cc1C(N)C(=O)O. The molecule has 0 amide bonds. The van der Waals surface area contributed by atoms with Crippen LogP contribution in [0.1, 0.15) is 17.2 Å². The van der Waals surface area contributed by atoms with Gasteiger partial charge in [-0.3, -0.25) is 4.79 Å². The Hall–Kier alpha value is -1.66. The van der Waals surface area contributed by atoms with E-state index in [1.807, 2.05) is 0 Å². The molecular weight excluding hydrogens is 229 g/mol. The third kappa shape index (κ3) is 2.92. The molecule has 94 valence electrons. The molecule has 1 aromatic carbocycles. The third-order valence-electron chi connectivity index (χ3n) is 2.31. The number of carboxylic acid groups (broad SMARTS) is 1. The van der Waals surface area contributed by atoms with Gasteiger partial charge in [0, 0.05) is 7.11 Å². The number of hydrogen-bond donors (Lipinski definition) is 2. The van der Waals surface area contributed by atoms with Crippen LogP contribution in [0.3, 0.4) is 0 Å². The van der Waals surface area contributed by atoms with Crippen molar-refractivity contribution in [1.29, 1.82) is 0 Å². The van der Waals surface area contributed by atoms with Gasteiger partial charge in [0.2, 0.25) is 0 Å². The van der Waals surface area contributed by atoms with Crippen LogP contribution in [0.2, 0.25) is 0 Å². The molecule has 0 aliphatic rings. The number of benzene rings is 1. The summed E-state index contributed by atoms with van der Waals surface area (Å²) in [6.07, 6.45) is 0. The van der Waals surface area contributed by atoms with E-state index in [1.54, 1.807) is 0 Å². The zero-order valence-corrected chi connectivity index (χ0v) is 9.57. The molecule has 0 heterocycles. The summed E-state index contributed by atoms with van der Waals surface area (Å²) in [6.45, 7) is 0.132. The molecule has 0 bridgehead atoms. The first-order valence-electron chi connectivity index (χ1n) is 4.84. The van der Waals surface area contributed by atoms with Gasteiger partial charge in [0.25, 0.3) is 0 Å². The van der Waals surface area contributed by atoms with E-state index in [0.717, 1.165) is 6.07 Å². The molecule has 0 aliphatic carbocycles. The van der Waals surface area contributed by atoms with E-state index in [2.05, 4.69) is 0 Å². The van der Waals surface area contributed by atoms with Crippen molar-refractivity contribution in [1.82, 2.24) is 0 Å². The third-order valence-corrected chi connectivity index (χ3v) is 2.31. The van der Waals surface area contributed by atoms with Crippen LogP contribution >= 0.6 is 0 Å². The largest absolute Gasteiger partial charge is 0.494 e. The molecule has 6 heteroatoms. The molecule has 0 aliphatic heterocycles. The highest BCUT2D eigenvalue weighted by molar-refractivity contribution is 5.76. The molecule has 0 radical (unpaired) electrons. The van der Waals surface area contributed by atoms with Crippen molar-refractivity contribution in [2.45, 2.75) is 12.6 Å². The predicted octanol–water partition coefficient (Wildman–Crippen LogP) is 1.07. The number of carboxylic acids is 1. The lowest BCUT2D eigenvalue weighted by Crippen LogP contribution is -2.22. The summed E-state index contributed by atoms with van der Waals surface area (Å²) in [5.74, 6) is -1.86. The van der Waals surface area contributed by atoms with Crippen molar-refractivity contribution in [3.8, 4) is 5.75 Å². The number of halogens is 1. The number of aliphatic carboxylic acids is 1. The molecule has 3 N–H and O–H groups in total. The fraction of sp³-hybridized carbons (Fsp3) is 0.364. The minimum atomic E-state index is -1.29.